The van der Waals surface area contributed by atoms with Crippen molar-refractivity contribution in [3.63, 3.8) is 0 Å². The molecule has 0 aromatic heterocycles. The van der Waals surface area contributed by atoms with Gasteiger partial charge in [-0.3, -0.25) is 9.69 Å². The second kappa shape index (κ2) is 7.08. The highest BCUT2D eigenvalue weighted by molar-refractivity contribution is 8.27. The Bertz CT molecular complexity index is 890. The van der Waals surface area contributed by atoms with E-state index >= 15 is 0 Å². The molecule has 25 heavy (non-hydrogen) atoms. The average Bonchev–Trinajstić information content (AvgIpc) is 2.83. The summed E-state index contributed by atoms with van der Waals surface area (Å²) < 4.78 is 5.04. The number of hydrogen-bond acceptors (Lipinski definition) is 5. The normalized spacial score (nSPS) is 15.7. The van der Waals surface area contributed by atoms with Gasteiger partial charge in [-0.1, -0.05) is 48.2 Å². The molecule has 1 aliphatic rings. The van der Waals surface area contributed by atoms with Gasteiger partial charge in [0.15, 0.2) is 4.32 Å². The molecule has 5 nitrogen and oxygen atoms in total. The zero-order valence-electron chi connectivity index (χ0n) is 13.1. The first-order valence-corrected chi connectivity index (χ1v) is 8.52. The van der Waals surface area contributed by atoms with E-state index in [1.54, 1.807) is 18.2 Å². The molecule has 1 N–H and O–H groups in total. The summed E-state index contributed by atoms with van der Waals surface area (Å²) in [5, 5.41) is 8.58. The molecule has 0 unspecified atom stereocenters. The summed E-state index contributed by atoms with van der Waals surface area (Å²) in [7, 11) is 0. The van der Waals surface area contributed by atoms with Crippen LogP contribution in [0.5, 0.6) is 5.75 Å². The van der Waals surface area contributed by atoms with E-state index in [2.05, 4.69) is 4.74 Å². The molecule has 126 valence electrons. The third-order valence-electron chi connectivity index (χ3n) is 3.44. The van der Waals surface area contributed by atoms with E-state index < -0.39 is 6.16 Å². The molecular formula is C18H13NO4S2. The summed E-state index contributed by atoms with van der Waals surface area (Å²) in [5.74, 6) is 0.0448. The average molecular weight is 371 g/mol. The van der Waals surface area contributed by atoms with Gasteiger partial charge in [0.2, 0.25) is 0 Å². The van der Waals surface area contributed by atoms with E-state index in [1.165, 1.54) is 28.8 Å². The van der Waals surface area contributed by atoms with Gasteiger partial charge in [0.1, 0.15) is 5.75 Å². The van der Waals surface area contributed by atoms with Crippen molar-refractivity contribution in [2.24, 2.45) is 0 Å². The number of carboxylic acid groups (broad SMARTS) is 1. The lowest BCUT2D eigenvalue weighted by Gasteiger charge is -2.14. The van der Waals surface area contributed by atoms with E-state index in [-0.39, 0.29) is 11.7 Å². The standard InChI is InChI=1S/C18H13NO4S2/c1-11-3-2-4-13(9-11)19-16(20)15(25-17(19)24)10-12-5-7-14(8-6-12)23-18(21)22/h2-10H,1H3,(H,21,22)/b15-10-. The van der Waals surface area contributed by atoms with Crippen LogP contribution in [0, 0.1) is 6.92 Å². The van der Waals surface area contributed by atoms with Crippen LogP contribution in [0.25, 0.3) is 6.08 Å². The lowest BCUT2D eigenvalue weighted by atomic mass is 10.2. The van der Waals surface area contributed by atoms with Gasteiger partial charge < -0.3 is 9.84 Å². The maximum atomic E-state index is 12.7. The lowest BCUT2D eigenvalue weighted by Crippen LogP contribution is -2.27. The fourth-order valence-electron chi connectivity index (χ4n) is 2.34. The minimum atomic E-state index is -1.37. The van der Waals surface area contributed by atoms with E-state index in [0.717, 1.165) is 16.8 Å². The van der Waals surface area contributed by atoms with Gasteiger partial charge >= 0.3 is 6.16 Å². The van der Waals surface area contributed by atoms with Gasteiger partial charge in [0, 0.05) is 0 Å². The summed E-state index contributed by atoms with van der Waals surface area (Å²) in [5.41, 5.74) is 2.54. The predicted molar refractivity (Wildman–Crippen MR) is 102 cm³/mol. The number of nitrogens with zero attached hydrogens (tertiary/aromatic N) is 1. The minimum Gasteiger partial charge on any atom is -0.449 e. The van der Waals surface area contributed by atoms with Crippen LogP contribution in [0.15, 0.2) is 53.4 Å². The summed E-state index contributed by atoms with van der Waals surface area (Å²) >= 11 is 6.58. The zero-order valence-corrected chi connectivity index (χ0v) is 14.8. The van der Waals surface area contributed by atoms with Crippen LogP contribution in [0.3, 0.4) is 0 Å². The molecule has 2 aromatic carbocycles. The molecule has 3 rings (SSSR count). The second-order valence-electron chi connectivity index (χ2n) is 5.29. The van der Waals surface area contributed by atoms with Crippen molar-refractivity contribution in [2.45, 2.75) is 6.92 Å². The summed E-state index contributed by atoms with van der Waals surface area (Å²) in [6.45, 7) is 1.96. The van der Waals surface area contributed by atoms with Crippen LogP contribution in [-0.4, -0.2) is 21.5 Å². The van der Waals surface area contributed by atoms with Crippen LogP contribution >= 0.6 is 24.0 Å². The number of thiocarbonyl (C=S) groups is 1. The van der Waals surface area contributed by atoms with Crippen LogP contribution in [-0.2, 0) is 4.79 Å². The molecular weight excluding hydrogens is 358 g/mol. The van der Waals surface area contributed by atoms with Crippen LogP contribution in [0.1, 0.15) is 11.1 Å². The molecule has 0 spiro atoms. The van der Waals surface area contributed by atoms with E-state index in [9.17, 15) is 9.59 Å². The van der Waals surface area contributed by atoms with E-state index in [0.29, 0.717) is 9.23 Å². The van der Waals surface area contributed by atoms with Crippen molar-refractivity contribution in [3.8, 4) is 5.75 Å². The predicted octanol–water partition coefficient (Wildman–Crippen LogP) is 4.46. The number of anilines is 1. The number of aryl methyl sites for hydroxylation is 1. The van der Waals surface area contributed by atoms with Gasteiger partial charge in [-0.05, 0) is 48.4 Å². The molecule has 1 aliphatic heterocycles. The number of rotatable bonds is 3. The molecule has 1 fully saturated rings. The van der Waals surface area contributed by atoms with Gasteiger partial charge in [-0.2, -0.15) is 0 Å². The lowest BCUT2D eigenvalue weighted by molar-refractivity contribution is -0.113. The summed E-state index contributed by atoms with van der Waals surface area (Å²) in [6, 6.07) is 14.0. The first-order chi connectivity index (χ1) is 11.9. The molecule has 2 aromatic rings. The van der Waals surface area contributed by atoms with Crippen molar-refractivity contribution in [3.05, 3.63) is 64.6 Å². The largest absolute Gasteiger partial charge is 0.511 e. The highest BCUT2D eigenvalue weighted by atomic mass is 32.2. The molecule has 0 bridgehead atoms. The first kappa shape index (κ1) is 17.2. The highest BCUT2D eigenvalue weighted by Crippen LogP contribution is 2.36. The Morgan fingerprint density at radius 3 is 2.60 bits per heavy atom. The highest BCUT2D eigenvalue weighted by Gasteiger charge is 2.33. The number of thioether (sulfide) groups is 1. The number of amides is 1. The molecule has 0 radical (unpaired) electrons. The Labute approximate surface area is 153 Å². The SMILES string of the molecule is Cc1cccc(N2C(=O)/C(=C/c3ccc(OC(=O)O)cc3)SC2=S)c1. The Morgan fingerprint density at radius 2 is 1.96 bits per heavy atom. The molecule has 0 aliphatic carbocycles. The maximum absolute atomic E-state index is 12.7. The number of benzene rings is 2. The van der Waals surface area contributed by atoms with Crippen molar-refractivity contribution in [1.82, 2.24) is 0 Å². The van der Waals surface area contributed by atoms with Crippen LogP contribution in [0.4, 0.5) is 10.5 Å². The number of carbonyl (C=O) groups is 2. The number of ether oxygens (including phenoxy) is 1. The Balaban J connectivity index is 1.84. The third-order valence-corrected chi connectivity index (χ3v) is 4.74. The molecule has 1 amide bonds. The molecule has 0 atom stereocenters. The van der Waals surface area contributed by atoms with Crippen molar-refractivity contribution < 1.29 is 19.4 Å². The zero-order chi connectivity index (χ0) is 18.0. The maximum Gasteiger partial charge on any atom is 0.511 e. The molecule has 7 heteroatoms. The number of hydrogen-bond donors (Lipinski definition) is 1. The van der Waals surface area contributed by atoms with Crippen LogP contribution in [0.2, 0.25) is 0 Å². The van der Waals surface area contributed by atoms with Gasteiger partial charge in [0.05, 0.1) is 10.6 Å². The van der Waals surface area contributed by atoms with Gasteiger partial charge in [-0.15, -0.1) is 0 Å². The molecule has 0 saturated carbocycles. The third kappa shape index (κ3) is 3.89. The summed E-state index contributed by atoms with van der Waals surface area (Å²) in [4.78, 5) is 25.2. The van der Waals surface area contributed by atoms with Crippen LogP contribution < -0.4 is 9.64 Å². The number of carbonyl (C=O) groups excluding carboxylic acids is 1. The van der Waals surface area contributed by atoms with E-state index in [1.807, 2.05) is 31.2 Å². The molecule has 1 heterocycles. The fourth-order valence-corrected chi connectivity index (χ4v) is 3.64. The summed E-state index contributed by atoms with van der Waals surface area (Å²) in [6.07, 6.45) is 0.353. The van der Waals surface area contributed by atoms with E-state index in [4.69, 9.17) is 17.3 Å². The Morgan fingerprint density at radius 1 is 1.24 bits per heavy atom. The van der Waals surface area contributed by atoms with Crippen molar-refractivity contribution >= 4 is 52.1 Å². The van der Waals surface area contributed by atoms with Crippen molar-refractivity contribution in [1.29, 1.82) is 0 Å². The smallest absolute Gasteiger partial charge is 0.449 e. The minimum absolute atomic E-state index is 0.175. The van der Waals surface area contributed by atoms with Gasteiger partial charge in [0.25, 0.3) is 5.91 Å². The molecule has 1 saturated heterocycles. The topological polar surface area (TPSA) is 66.8 Å². The van der Waals surface area contributed by atoms with Gasteiger partial charge in [-0.25, -0.2) is 4.79 Å². The Kier molecular flexibility index (Phi) is 4.87. The first-order valence-electron chi connectivity index (χ1n) is 7.29. The Hall–Kier alpha value is -2.64. The monoisotopic (exact) mass is 371 g/mol. The van der Waals surface area contributed by atoms with Crippen molar-refractivity contribution in [2.75, 3.05) is 4.90 Å². The fraction of sp³-hybridized carbons (Fsp3) is 0.0556. The quantitative estimate of drug-likeness (QED) is 0.372. The second-order valence-corrected chi connectivity index (χ2v) is 6.97.